The van der Waals surface area contributed by atoms with E-state index in [1.165, 1.54) is 12.1 Å². The van der Waals surface area contributed by atoms with Crippen molar-refractivity contribution in [2.45, 2.75) is 6.42 Å². The number of carboxylic acids is 1. The van der Waals surface area contributed by atoms with Crippen LogP contribution in [-0.2, 0) is 4.79 Å². The van der Waals surface area contributed by atoms with Gasteiger partial charge in [-0.3, -0.25) is 4.79 Å². The van der Waals surface area contributed by atoms with Crippen molar-refractivity contribution in [2.24, 2.45) is 0 Å². The van der Waals surface area contributed by atoms with Crippen LogP contribution in [0.4, 0.5) is 4.39 Å². The van der Waals surface area contributed by atoms with E-state index in [0.29, 0.717) is 11.1 Å². The molecule has 0 saturated heterocycles. The average molecular weight is 256 g/mol. The Morgan fingerprint density at radius 2 is 1.68 bits per heavy atom. The van der Waals surface area contributed by atoms with Crippen LogP contribution in [0.15, 0.2) is 60.7 Å². The van der Waals surface area contributed by atoms with Crippen LogP contribution in [0.25, 0.3) is 5.57 Å². The van der Waals surface area contributed by atoms with Crippen molar-refractivity contribution in [2.75, 3.05) is 0 Å². The lowest BCUT2D eigenvalue weighted by molar-refractivity contribution is -0.135. The van der Waals surface area contributed by atoms with Crippen molar-refractivity contribution in [3.8, 4) is 0 Å². The van der Waals surface area contributed by atoms with Crippen LogP contribution >= 0.6 is 0 Å². The number of rotatable bonds is 4. The molecule has 0 aromatic heterocycles. The van der Waals surface area contributed by atoms with Crippen LogP contribution in [0, 0.1) is 5.82 Å². The van der Waals surface area contributed by atoms with Gasteiger partial charge in [-0.05, 0) is 17.2 Å². The summed E-state index contributed by atoms with van der Waals surface area (Å²) in [7, 11) is 0. The summed E-state index contributed by atoms with van der Waals surface area (Å²) >= 11 is 0. The number of carboxylic acid groups (broad SMARTS) is 1. The Balaban J connectivity index is 2.50. The van der Waals surface area contributed by atoms with Crippen molar-refractivity contribution < 1.29 is 14.3 Å². The van der Waals surface area contributed by atoms with Crippen LogP contribution < -0.4 is 0 Å². The lowest BCUT2D eigenvalue weighted by Gasteiger charge is -2.09. The molecule has 2 aromatic carbocycles. The fraction of sp³-hybridized carbons (Fsp3) is 0.0625. The Morgan fingerprint density at radius 3 is 2.32 bits per heavy atom. The first-order chi connectivity index (χ1) is 9.18. The number of hydrogen-bond acceptors (Lipinski definition) is 1. The predicted octanol–water partition coefficient (Wildman–Crippen LogP) is 3.73. The molecule has 0 fully saturated rings. The monoisotopic (exact) mass is 256 g/mol. The molecule has 0 amide bonds. The largest absolute Gasteiger partial charge is 0.481 e. The van der Waals surface area contributed by atoms with Gasteiger partial charge in [0.15, 0.2) is 0 Å². The molecule has 0 atom stereocenters. The molecule has 3 heteroatoms. The Labute approximate surface area is 110 Å². The molecule has 0 aliphatic rings. The predicted molar refractivity (Wildman–Crippen MR) is 72.2 cm³/mol. The van der Waals surface area contributed by atoms with Crippen LogP contribution in [0.5, 0.6) is 0 Å². The third-order valence-electron chi connectivity index (χ3n) is 2.73. The van der Waals surface area contributed by atoms with Crippen molar-refractivity contribution in [3.05, 3.63) is 77.6 Å². The van der Waals surface area contributed by atoms with Gasteiger partial charge in [0.2, 0.25) is 0 Å². The highest BCUT2D eigenvalue weighted by atomic mass is 19.1. The zero-order valence-electron chi connectivity index (χ0n) is 10.2. The first-order valence-electron chi connectivity index (χ1n) is 5.91. The molecular weight excluding hydrogens is 243 g/mol. The fourth-order valence-electron chi connectivity index (χ4n) is 1.87. The number of aliphatic carboxylic acids is 1. The highest BCUT2D eigenvalue weighted by Crippen LogP contribution is 2.25. The normalized spacial score (nSPS) is 11.3. The van der Waals surface area contributed by atoms with Gasteiger partial charge < -0.3 is 5.11 Å². The maximum absolute atomic E-state index is 13.9. The van der Waals surface area contributed by atoms with Gasteiger partial charge in [-0.15, -0.1) is 0 Å². The molecule has 1 N–H and O–H groups in total. The first-order valence-corrected chi connectivity index (χ1v) is 5.91. The molecule has 0 saturated carbocycles. The summed E-state index contributed by atoms with van der Waals surface area (Å²) in [5.41, 5.74) is 1.81. The van der Waals surface area contributed by atoms with Crippen molar-refractivity contribution in [3.63, 3.8) is 0 Å². The van der Waals surface area contributed by atoms with E-state index in [2.05, 4.69) is 0 Å². The molecule has 0 heterocycles. The molecule has 2 aromatic rings. The highest BCUT2D eigenvalue weighted by molar-refractivity contribution is 5.82. The molecule has 0 bridgehead atoms. The minimum atomic E-state index is -0.940. The molecule has 0 aliphatic heterocycles. The van der Waals surface area contributed by atoms with E-state index in [-0.39, 0.29) is 12.2 Å². The maximum Gasteiger partial charge on any atom is 0.307 e. The fourth-order valence-corrected chi connectivity index (χ4v) is 1.87. The minimum Gasteiger partial charge on any atom is -0.481 e. The van der Waals surface area contributed by atoms with E-state index in [9.17, 15) is 9.18 Å². The van der Waals surface area contributed by atoms with Gasteiger partial charge >= 0.3 is 5.97 Å². The summed E-state index contributed by atoms with van der Waals surface area (Å²) < 4.78 is 13.9. The third-order valence-corrected chi connectivity index (χ3v) is 2.73. The van der Waals surface area contributed by atoms with Crippen molar-refractivity contribution >= 4 is 11.5 Å². The standard InChI is InChI=1S/C16H13FO2/c17-15-9-5-4-8-14(15)13(10-11-16(18)19)12-6-2-1-3-7-12/h1-10H,11H2,(H,18,19)/b13-10-. The number of carbonyl (C=O) groups is 1. The topological polar surface area (TPSA) is 37.3 Å². The lowest BCUT2D eigenvalue weighted by atomic mass is 9.96. The Morgan fingerprint density at radius 1 is 1.05 bits per heavy atom. The third kappa shape index (κ3) is 3.28. The summed E-state index contributed by atoms with van der Waals surface area (Å²) in [6.45, 7) is 0. The second-order valence-corrected chi connectivity index (χ2v) is 4.06. The van der Waals surface area contributed by atoms with Crippen LogP contribution in [0.3, 0.4) is 0 Å². The van der Waals surface area contributed by atoms with E-state index in [1.54, 1.807) is 18.2 Å². The van der Waals surface area contributed by atoms with Crippen LogP contribution in [0.2, 0.25) is 0 Å². The zero-order chi connectivity index (χ0) is 13.7. The van der Waals surface area contributed by atoms with Gasteiger partial charge in [0.1, 0.15) is 5.82 Å². The quantitative estimate of drug-likeness (QED) is 0.905. The molecule has 0 unspecified atom stereocenters. The van der Waals surface area contributed by atoms with Gasteiger partial charge in [-0.2, -0.15) is 0 Å². The lowest BCUT2D eigenvalue weighted by Crippen LogP contribution is -1.96. The molecule has 0 spiro atoms. The summed E-state index contributed by atoms with van der Waals surface area (Å²) in [4.78, 5) is 10.7. The van der Waals surface area contributed by atoms with Gasteiger partial charge in [0, 0.05) is 5.56 Å². The molecule has 2 nitrogen and oxygen atoms in total. The molecular formula is C16H13FO2. The summed E-state index contributed by atoms with van der Waals surface area (Å²) in [6, 6.07) is 15.6. The Bertz CT molecular complexity index is 603. The Hall–Kier alpha value is -2.42. The molecule has 96 valence electrons. The van der Waals surface area contributed by atoms with Gasteiger partial charge in [0.05, 0.1) is 6.42 Å². The number of hydrogen-bond donors (Lipinski definition) is 1. The number of halogens is 1. The van der Waals surface area contributed by atoms with E-state index in [0.717, 1.165) is 5.56 Å². The SMILES string of the molecule is O=C(O)C/C=C(/c1ccccc1)c1ccccc1F. The van der Waals surface area contributed by atoms with Crippen LogP contribution in [0.1, 0.15) is 17.5 Å². The average Bonchev–Trinajstić information content (AvgIpc) is 2.42. The highest BCUT2D eigenvalue weighted by Gasteiger charge is 2.09. The minimum absolute atomic E-state index is 0.140. The molecule has 19 heavy (non-hydrogen) atoms. The molecule has 0 aliphatic carbocycles. The Kier molecular flexibility index (Phi) is 4.08. The molecule has 0 radical (unpaired) electrons. The van der Waals surface area contributed by atoms with Crippen LogP contribution in [-0.4, -0.2) is 11.1 Å². The van der Waals surface area contributed by atoms with Gasteiger partial charge in [-0.1, -0.05) is 54.6 Å². The van der Waals surface area contributed by atoms with Crippen molar-refractivity contribution in [1.29, 1.82) is 0 Å². The smallest absolute Gasteiger partial charge is 0.307 e. The first kappa shape index (κ1) is 13.0. The summed E-state index contributed by atoms with van der Waals surface area (Å²) in [5.74, 6) is -1.30. The van der Waals surface area contributed by atoms with E-state index in [1.807, 2.05) is 30.3 Å². The zero-order valence-corrected chi connectivity index (χ0v) is 10.2. The van der Waals surface area contributed by atoms with E-state index >= 15 is 0 Å². The van der Waals surface area contributed by atoms with Gasteiger partial charge in [0.25, 0.3) is 0 Å². The summed E-state index contributed by atoms with van der Waals surface area (Å²) in [5, 5.41) is 8.79. The van der Waals surface area contributed by atoms with E-state index in [4.69, 9.17) is 5.11 Å². The van der Waals surface area contributed by atoms with Crippen molar-refractivity contribution in [1.82, 2.24) is 0 Å². The molecule has 2 rings (SSSR count). The second-order valence-electron chi connectivity index (χ2n) is 4.06. The number of benzene rings is 2. The maximum atomic E-state index is 13.9. The van der Waals surface area contributed by atoms with Gasteiger partial charge in [-0.25, -0.2) is 4.39 Å². The summed E-state index contributed by atoms with van der Waals surface area (Å²) in [6.07, 6.45) is 1.40. The second kappa shape index (κ2) is 5.96. The van der Waals surface area contributed by atoms with E-state index < -0.39 is 5.97 Å².